The van der Waals surface area contributed by atoms with Gasteiger partial charge >= 0.3 is 0 Å². The van der Waals surface area contributed by atoms with Crippen molar-refractivity contribution in [1.29, 1.82) is 0 Å². The first-order valence-electron chi connectivity index (χ1n) is 4.19. The zero-order valence-corrected chi connectivity index (χ0v) is 7.06. The van der Waals surface area contributed by atoms with E-state index in [1.807, 2.05) is 0 Å². The Kier molecular flexibility index (Phi) is 1.80. The molecule has 0 bridgehead atoms. The molecule has 1 aromatic heterocycles. The van der Waals surface area contributed by atoms with Crippen molar-refractivity contribution in [2.45, 2.75) is 18.3 Å². The lowest BCUT2D eigenvalue weighted by Crippen LogP contribution is -2.22. The summed E-state index contributed by atoms with van der Waals surface area (Å²) in [7, 11) is 0. The summed E-state index contributed by atoms with van der Waals surface area (Å²) in [5.41, 5.74) is 5.15. The Labute approximate surface area is 74.8 Å². The van der Waals surface area contributed by atoms with E-state index in [0.717, 1.165) is 25.2 Å². The molecule has 0 saturated heterocycles. The van der Waals surface area contributed by atoms with Gasteiger partial charge in [-0.1, -0.05) is 0 Å². The van der Waals surface area contributed by atoms with Crippen LogP contribution in [-0.4, -0.2) is 11.5 Å². The van der Waals surface area contributed by atoms with Crippen LogP contribution in [0.25, 0.3) is 0 Å². The third-order valence-corrected chi connectivity index (χ3v) is 2.63. The molecule has 0 unspecified atom stereocenters. The topological polar surface area (TPSA) is 38.9 Å². The Hall–Kier alpha value is -1.03. The van der Waals surface area contributed by atoms with Crippen molar-refractivity contribution in [2.75, 3.05) is 6.54 Å². The number of pyridine rings is 1. The molecule has 1 saturated carbocycles. The van der Waals surface area contributed by atoms with Gasteiger partial charge in [-0.25, -0.2) is 8.78 Å². The summed E-state index contributed by atoms with van der Waals surface area (Å²) in [4.78, 5) is 3.43. The Morgan fingerprint density at radius 1 is 1.31 bits per heavy atom. The highest BCUT2D eigenvalue weighted by Gasteiger charge is 2.46. The van der Waals surface area contributed by atoms with Crippen LogP contribution >= 0.6 is 0 Å². The second-order valence-corrected chi connectivity index (χ2v) is 3.46. The molecule has 0 atom stereocenters. The van der Waals surface area contributed by atoms with Gasteiger partial charge in [-0.2, -0.15) is 0 Å². The molecule has 2 nitrogen and oxygen atoms in total. The first kappa shape index (κ1) is 8.56. The molecular weight excluding hydrogens is 174 g/mol. The highest BCUT2D eigenvalue weighted by molar-refractivity contribution is 5.32. The van der Waals surface area contributed by atoms with Crippen LogP contribution in [0, 0.1) is 11.6 Å². The van der Waals surface area contributed by atoms with Crippen LogP contribution in [0.4, 0.5) is 8.78 Å². The van der Waals surface area contributed by atoms with Crippen molar-refractivity contribution >= 4 is 0 Å². The van der Waals surface area contributed by atoms with Crippen molar-refractivity contribution in [1.82, 2.24) is 4.98 Å². The second-order valence-electron chi connectivity index (χ2n) is 3.46. The molecule has 1 fully saturated rings. The molecule has 0 aromatic carbocycles. The first-order valence-corrected chi connectivity index (χ1v) is 4.19. The van der Waals surface area contributed by atoms with E-state index in [1.165, 1.54) is 0 Å². The molecule has 2 N–H and O–H groups in total. The summed E-state index contributed by atoms with van der Waals surface area (Å²) < 4.78 is 26.4. The fraction of sp³-hybridized carbons (Fsp3) is 0.444. The summed E-state index contributed by atoms with van der Waals surface area (Å²) in [5.74, 6) is -1.16. The third-order valence-electron chi connectivity index (χ3n) is 2.63. The Morgan fingerprint density at radius 3 is 2.23 bits per heavy atom. The average Bonchev–Trinajstić information content (AvgIpc) is 2.85. The number of halogens is 2. The lowest BCUT2D eigenvalue weighted by Gasteiger charge is -2.13. The van der Waals surface area contributed by atoms with E-state index in [4.69, 9.17) is 5.73 Å². The van der Waals surface area contributed by atoms with Crippen molar-refractivity contribution < 1.29 is 8.78 Å². The molecule has 13 heavy (non-hydrogen) atoms. The predicted molar refractivity (Wildman–Crippen MR) is 44.1 cm³/mol. The lowest BCUT2D eigenvalue weighted by molar-refractivity contribution is 0.509. The van der Waals surface area contributed by atoms with Crippen LogP contribution in [0.2, 0.25) is 0 Å². The van der Waals surface area contributed by atoms with Gasteiger partial charge in [0, 0.05) is 17.5 Å². The molecule has 0 amide bonds. The standard InChI is InChI=1S/C9H10F2N2/c10-6-3-13-4-7(11)8(6)9(5-12)1-2-9/h3-4H,1-2,5,12H2. The van der Waals surface area contributed by atoms with E-state index in [2.05, 4.69) is 4.98 Å². The number of nitrogens with two attached hydrogens (primary N) is 1. The van der Waals surface area contributed by atoms with E-state index in [9.17, 15) is 8.78 Å². The highest BCUT2D eigenvalue weighted by atomic mass is 19.1. The maximum atomic E-state index is 13.2. The largest absolute Gasteiger partial charge is 0.330 e. The molecule has 1 heterocycles. The summed E-state index contributed by atoms with van der Waals surface area (Å²) in [6, 6.07) is 0. The Morgan fingerprint density at radius 2 is 1.85 bits per heavy atom. The van der Waals surface area contributed by atoms with E-state index in [0.29, 0.717) is 6.54 Å². The van der Waals surface area contributed by atoms with Gasteiger partial charge in [-0.3, -0.25) is 4.98 Å². The summed E-state index contributed by atoms with van der Waals surface area (Å²) in [5, 5.41) is 0. The van der Waals surface area contributed by atoms with Gasteiger partial charge in [-0.15, -0.1) is 0 Å². The van der Waals surface area contributed by atoms with Crippen LogP contribution in [0.3, 0.4) is 0 Å². The third kappa shape index (κ3) is 1.21. The molecule has 0 aliphatic heterocycles. The number of hydrogen-bond acceptors (Lipinski definition) is 2. The summed E-state index contributed by atoms with van der Waals surface area (Å²) in [6.07, 6.45) is 3.60. The lowest BCUT2D eigenvalue weighted by atomic mass is 9.96. The zero-order valence-electron chi connectivity index (χ0n) is 7.06. The van der Waals surface area contributed by atoms with Crippen molar-refractivity contribution in [3.8, 4) is 0 Å². The highest BCUT2D eigenvalue weighted by Crippen LogP contribution is 2.48. The van der Waals surface area contributed by atoms with E-state index < -0.39 is 17.0 Å². The van der Waals surface area contributed by atoms with Gasteiger partial charge in [0.15, 0.2) is 0 Å². The Balaban J connectivity index is 2.50. The molecule has 1 aliphatic carbocycles. The van der Waals surface area contributed by atoms with Crippen molar-refractivity contribution in [2.24, 2.45) is 5.73 Å². The van der Waals surface area contributed by atoms with Crippen LogP contribution in [0.5, 0.6) is 0 Å². The minimum Gasteiger partial charge on any atom is -0.330 e. The molecule has 70 valence electrons. The van der Waals surface area contributed by atoms with Gasteiger partial charge in [0.1, 0.15) is 11.6 Å². The van der Waals surface area contributed by atoms with Gasteiger partial charge in [0.05, 0.1) is 12.4 Å². The molecule has 2 rings (SSSR count). The van der Waals surface area contributed by atoms with Gasteiger partial charge in [0.2, 0.25) is 0 Å². The maximum absolute atomic E-state index is 13.2. The van der Waals surface area contributed by atoms with Crippen LogP contribution in [-0.2, 0) is 5.41 Å². The van der Waals surface area contributed by atoms with E-state index >= 15 is 0 Å². The predicted octanol–water partition coefficient (Wildman–Crippen LogP) is 1.35. The van der Waals surface area contributed by atoms with Gasteiger partial charge < -0.3 is 5.73 Å². The minimum atomic E-state index is -0.581. The summed E-state index contributed by atoms with van der Waals surface area (Å²) in [6.45, 7) is 0.296. The van der Waals surface area contributed by atoms with E-state index in [-0.39, 0.29) is 5.56 Å². The van der Waals surface area contributed by atoms with Gasteiger partial charge in [0.25, 0.3) is 0 Å². The molecule has 1 aliphatic rings. The second kappa shape index (κ2) is 2.73. The summed E-state index contributed by atoms with van der Waals surface area (Å²) >= 11 is 0. The fourth-order valence-corrected chi connectivity index (χ4v) is 1.63. The first-order chi connectivity index (χ1) is 6.19. The molecular formula is C9H10F2N2. The molecule has 0 spiro atoms. The van der Waals surface area contributed by atoms with Crippen LogP contribution < -0.4 is 5.73 Å². The van der Waals surface area contributed by atoms with E-state index in [1.54, 1.807) is 0 Å². The van der Waals surface area contributed by atoms with Crippen LogP contribution in [0.1, 0.15) is 18.4 Å². The quantitative estimate of drug-likeness (QED) is 0.753. The smallest absolute Gasteiger partial charge is 0.148 e. The normalized spacial score (nSPS) is 18.7. The number of hydrogen-bond donors (Lipinski definition) is 1. The monoisotopic (exact) mass is 184 g/mol. The average molecular weight is 184 g/mol. The molecule has 4 heteroatoms. The number of nitrogens with zero attached hydrogens (tertiary/aromatic N) is 1. The van der Waals surface area contributed by atoms with Crippen molar-refractivity contribution in [3.63, 3.8) is 0 Å². The fourth-order valence-electron chi connectivity index (χ4n) is 1.63. The zero-order chi connectivity index (χ0) is 9.47. The van der Waals surface area contributed by atoms with Gasteiger partial charge in [-0.05, 0) is 12.8 Å². The van der Waals surface area contributed by atoms with Crippen LogP contribution in [0.15, 0.2) is 12.4 Å². The molecule has 1 aromatic rings. The number of aromatic nitrogens is 1. The maximum Gasteiger partial charge on any atom is 0.148 e. The SMILES string of the molecule is NCC1(c2c(F)cncc2F)CC1. The van der Waals surface area contributed by atoms with Crippen molar-refractivity contribution in [3.05, 3.63) is 29.6 Å². The molecule has 0 radical (unpaired) electrons. The minimum absolute atomic E-state index is 0.116. The Bertz CT molecular complexity index is 314. The number of rotatable bonds is 2.